The van der Waals surface area contributed by atoms with Crippen molar-refractivity contribution >= 4 is 33.4 Å². The third kappa shape index (κ3) is 5.86. The zero-order valence-corrected chi connectivity index (χ0v) is 19.7. The Morgan fingerprint density at radius 1 is 1.12 bits per heavy atom. The maximum absolute atomic E-state index is 13.1. The quantitative estimate of drug-likeness (QED) is 0.447. The van der Waals surface area contributed by atoms with Gasteiger partial charge in [-0.25, -0.2) is 8.42 Å². The van der Waals surface area contributed by atoms with Crippen molar-refractivity contribution in [3.05, 3.63) is 83.1 Å². The molecule has 0 aliphatic carbocycles. The summed E-state index contributed by atoms with van der Waals surface area (Å²) >= 11 is 5.96. The van der Waals surface area contributed by atoms with Crippen LogP contribution in [0.25, 0.3) is 17.4 Å². The molecule has 1 aliphatic heterocycles. The van der Waals surface area contributed by atoms with Gasteiger partial charge in [0.1, 0.15) is 17.3 Å². The third-order valence-corrected chi connectivity index (χ3v) is 7.59. The van der Waals surface area contributed by atoms with Gasteiger partial charge in [-0.05, 0) is 66.6 Å². The van der Waals surface area contributed by atoms with E-state index in [-0.39, 0.29) is 24.0 Å². The van der Waals surface area contributed by atoms with E-state index in [1.807, 2.05) is 42.5 Å². The van der Waals surface area contributed by atoms with Crippen LogP contribution in [-0.4, -0.2) is 43.9 Å². The summed E-state index contributed by atoms with van der Waals surface area (Å²) in [5, 5.41) is 0.633. The largest absolute Gasteiger partial charge is 0.497 e. The zero-order chi connectivity index (χ0) is 23.4. The molecule has 0 bridgehead atoms. The number of hydrogen-bond acceptors (Lipinski definition) is 5. The first-order chi connectivity index (χ1) is 15.8. The van der Waals surface area contributed by atoms with E-state index in [1.165, 1.54) is 6.08 Å². The Labute approximate surface area is 198 Å². The summed E-state index contributed by atoms with van der Waals surface area (Å²) in [6, 6.07) is 17.8. The number of benzene rings is 2. The molecule has 8 heteroatoms. The first kappa shape index (κ1) is 23.1. The number of nitrogens with zero attached hydrogens (tertiary/aromatic N) is 1. The summed E-state index contributed by atoms with van der Waals surface area (Å²) < 4.78 is 35.3. The topological polar surface area (TPSA) is 76.8 Å². The predicted molar refractivity (Wildman–Crippen MR) is 129 cm³/mol. The lowest BCUT2D eigenvalue weighted by Crippen LogP contribution is -2.39. The average molecular weight is 486 g/mol. The van der Waals surface area contributed by atoms with Gasteiger partial charge in [0.15, 0.2) is 9.84 Å². The Hall–Kier alpha value is -3.03. The van der Waals surface area contributed by atoms with Crippen molar-refractivity contribution in [2.24, 2.45) is 0 Å². The molecule has 1 unspecified atom stereocenters. The lowest BCUT2D eigenvalue weighted by Gasteiger charge is -2.26. The van der Waals surface area contributed by atoms with E-state index < -0.39 is 15.9 Å². The zero-order valence-electron chi connectivity index (χ0n) is 18.1. The molecule has 2 heterocycles. The fraction of sp³-hybridized carbons (Fsp3) is 0.240. The number of carbonyl (C=O) groups excluding carboxylic acids is 1. The maximum atomic E-state index is 13.1. The summed E-state index contributed by atoms with van der Waals surface area (Å²) in [7, 11) is -1.57. The number of amides is 1. The summed E-state index contributed by atoms with van der Waals surface area (Å²) in [6.45, 7) is 0.180. The van der Waals surface area contributed by atoms with E-state index in [0.717, 1.165) is 16.9 Å². The lowest BCUT2D eigenvalue weighted by atomic mass is 10.1. The minimum Gasteiger partial charge on any atom is -0.497 e. The number of ether oxygens (including phenoxy) is 1. The minimum atomic E-state index is -3.16. The number of rotatable bonds is 7. The Balaban J connectivity index is 1.54. The second kappa shape index (κ2) is 9.85. The third-order valence-electron chi connectivity index (χ3n) is 5.58. The van der Waals surface area contributed by atoms with Crippen LogP contribution in [0.5, 0.6) is 5.75 Å². The molecule has 0 radical (unpaired) electrons. The fourth-order valence-corrected chi connectivity index (χ4v) is 5.64. The summed E-state index contributed by atoms with van der Waals surface area (Å²) in [5.41, 5.74) is 1.71. The molecule has 1 aromatic heterocycles. The molecule has 6 nitrogen and oxygen atoms in total. The van der Waals surface area contributed by atoms with Crippen molar-refractivity contribution in [2.75, 3.05) is 18.6 Å². The molecule has 0 N–H and O–H groups in total. The molecule has 172 valence electrons. The van der Waals surface area contributed by atoms with Crippen LogP contribution in [0.1, 0.15) is 17.7 Å². The van der Waals surface area contributed by atoms with Crippen LogP contribution in [-0.2, 0) is 21.2 Å². The minimum absolute atomic E-state index is 0.0418. The van der Waals surface area contributed by atoms with E-state index in [4.69, 9.17) is 20.8 Å². The van der Waals surface area contributed by atoms with Crippen molar-refractivity contribution in [1.29, 1.82) is 0 Å². The Morgan fingerprint density at radius 2 is 1.85 bits per heavy atom. The maximum Gasteiger partial charge on any atom is 0.247 e. The number of furan rings is 1. The Morgan fingerprint density at radius 3 is 2.48 bits per heavy atom. The van der Waals surface area contributed by atoms with Crippen LogP contribution >= 0.6 is 11.6 Å². The van der Waals surface area contributed by atoms with Crippen LogP contribution in [0.15, 0.2) is 71.2 Å². The highest BCUT2D eigenvalue weighted by Gasteiger charge is 2.34. The van der Waals surface area contributed by atoms with Gasteiger partial charge in [0.05, 0.1) is 25.2 Å². The standard InChI is InChI=1S/C25H24ClNO5S/c1-31-22-9-2-18(3-10-22)4-13-25(28)27(21-14-15-33(29,30)17-21)16-23-11-12-24(32-23)19-5-7-20(26)8-6-19/h2-13,21H,14-17H2,1H3. The van der Waals surface area contributed by atoms with Crippen LogP contribution in [0.4, 0.5) is 0 Å². The van der Waals surface area contributed by atoms with Gasteiger partial charge in [0.2, 0.25) is 5.91 Å². The first-order valence-corrected chi connectivity index (χ1v) is 12.7. The van der Waals surface area contributed by atoms with Crippen molar-refractivity contribution in [2.45, 2.75) is 19.0 Å². The molecule has 1 atom stereocenters. The molecular formula is C25H24ClNO5S. The van der Waals surface area contributed by atoms with E-state index in [2.05, 4.69) is 0 Å². The van der Waals surface area contributed by atoms with Gasteiger partial charge >= 0.3 is 0 Å². The van der Waals surface area contributed by atoms with Crippen LogP contribution < -0.4 is 4.74 Å². The second-order valence-corrected chi connectivity index (χ2v) is 10.6. The normalized spacial score (nSPS) is 17.3. The molecule has 1 saturated heterocycles. The monoisotopic (exact) mass is 485 g/mol. The van der Waals surface area contributed by atoms with Gasteiger partial charge in [0.25, 0.3) is 0 Å². The molecule has 0 saturated carbocycles. The second-order valence-electron chi connectivity index (χ2n) is 7.90. The van der Waals surface area contributed by atoms with Gasteiger partial charge in [0, 0.05) is 22.7 Å². The SMILES string of the molecule is COc1ccc(C=CC(=O)N(Cc2ccc(-c3ccc(Cl)cc3)o2)C2CCS(=O)(=O)C2)cc1. The van der Waals surface area contributed by atoms with Crippen LogP contribution in [0.2, 0.25) is 5.02 Å². The molecular weight excluding hydrogens is 462 g/mol. The molecule has 2 aromatic carbocycles. The van der Waals surface area contributed by atoms with E-state index >= 15 is 0 Å². The molecule has 33 heavy (non-hydrogen) atoms. The molecule has 3 aromatic rings. The molecule has 1 fully saturated rings. The van der Waals surface area contributed by atoms with Crippen LogP contribution in [0.3, 0.4) is 0 Å². The van der Waals surface area contributed by atoms with Gasteiger partial charge in [-0.15, -0.1) is 0 Å². The van der Waals surface area contributed by atoms with Crippen molar-refractivity contribution in [1.82, 2.24) is 4.90 Å². The molecule has 4 rings (SSSR count). The van der Waals surface area contributed by atoms with E-state index in [9.17, 15) is 13.2 Å². The Kier molecular flexibility index (Phi) is 6.91. The molecule has 0 spiro atoms. The number of sulfone groups is 1. The Bertz CT molecular complexity index is 1250. The predicted octanol–water partition coefficient (Wildman–Crippen LogP) is 4.84. The first-order valence-electron chi connectivity index (χ1n) is 10.5. The van der Waals surface area contributed by atoms with Crippen LogP contribution in [0, 0.1) is 0 Å². The summed E-state index contributed by atoms with van der Waals surface area (Å²) in [6.07, 6.45) is 3.59. The smallest absolute Gasteiger partial charge is 0.247 e. The summed E-state index contributed by atoms with van der Waals surface area (Å²) in [5.74, 6) is 1.73. The van der Waals surface area contributed by atoms with Gasteiger partial charge in [-0.1, -0.05) is 23.7 Å². The highest BCUT2D eigenvalue weighted by molar-refractivity contribution is 7.91. The highest BCUT2D eigenvalue weighted by Crippen LogP contribution is 2.26. The van der Waals surface area contributed by atoms with Gasteiger partial charge in [-0.3, -0.25) is 4.79 Å². The van der Waals surface area contributed by atoms with Gasteiger partial charge in [-0.2, -0.15) is 0 Å². The number of carbonyl (C=O) groups is 1. The number of methoxy groups -OCH3 is 1. The molecule has 1 amide bonds. The van der Waals surface area contributed by atoms with E-state index in [1.54, 1.807) is 36.3 Å². The van der Waals surface area contributed by atoms with Crippen molar-refractivity contribution in [3.63, 3.8) is 0 Å². The van der Waals surface area contributed by atoms with Crippen molar-refractivity contribution in [3.8, 4) is 17.1 Å². The van der Waals surface area contributed by atoms with Gasteiger partial charge < -0.3 is 14.1 Å². The van der Waals surface area contributed by atoms with Crippen molar-refractivity contribution < 1.29 is 22.4 Å². The molecule has 1 aliphatic rings. The van der Waals surface area contributed by atoms with E-state index in [0.29, 0.717) is 23.0 Å². The number of hydrogen-bond donors (Lipinski definition) is 0. The fourth-order valence-electron chi connectivity index (χ4n) is 3.79. The summed E-state index contributed by atoms with van der Waals surface area (Å²) in [4.78, 5) is 14.7. The average Bonchev–Trinajstić information content (AvgIpc) is 3.42. The lowest BCUT2D eigenvalue weighted by molar-refractivity contribution is -0.128. The number of halogens is 1. The highest BCUT2D eigenvalue weighted by atomic mass is 35.5.